The molecule has 0 heterocycles. The Morgan fingerprint density at radius 2 is 0.350 bits per heavy atom. The summed E-state index contributed by atoms with van der Waals surface area (Å²) in [6, 6.07) is 39.1. The maximum atomic E-state index is 6.53. The fraction of sp³-hybridized carbons (Fsp3) is 0.333. The van der Waals surface area contributed by atoms with Crippen molar-refractivity contribution in [3.63, 3.8) is 0 Å². The lowest BCUT2D eigenvalue weighted by molar-refractivity contribution is 0.326. The zero-order valence-corrected chi connectivity index (χ0v) is 36.3. The van der Waals surface area contributed by atoms with E-state index in [1.807, 2.05) is 0 Å². The van der Waals surface area contributed by atoms with Gasteiger partial charge < -0.3 is 28.4 Å². The van der Waals surface area contributed by atoms with Gasteiger partial charge in [-0.05, 0) is 108 Å². The average Bonchev–Trinajstić information content (AvgIpc) is 3.24. The van der Waals surface area contributed by atoms with Crippen molar-refractivity contribution in [3.05, 3.63) is 176 Å². The van der Waals surface area contributed by atoms with Crippen LogP contribution in [-0.2, 0) is 38.5 Å². The first-order chi connectivity index (χ1) is 29.5. The molecule has 0 spiro atoms. The molecule has 0 N–H and O–H groups in total. The number of rotatable bonds is 12. The second-order valence-corrected chi connectivity index (χ2v) is 15.1. The van der Waals surface area contributed by atoms with Gasteiger partial charge >= 0.3 is 0 Å². The summed E-state index contributed by atoms with van der Waals surface area (Å²) in [5.74, 6) is 5.51. The van der Waals surface area contributed by atoms with Crippen LogP contribution in [0.4, 0.5) is 0 Å². The van der Waals surface area contributed by atoms with Gasteiger partial charge in [-0.15, -0.1) is 0 Å². The van der Waals surface area contributed by atoms with Crippen molar-refractivity contribution in [3.8, 4) is 34.5 Å². The van der Waals surface area contributed by atoms with E-state index in [2.05, 4.69) is 151 Å². The molecule has 1 aliphatic carbocycles. The van der Waals surface area contributed by atoms with E-state index in [9.17, 15) is 0 Å². The largest absolute Gasteiger partial charge is 0.493 e. The van der Waals surface area contributed by atoms with Crippen LogP contribution in [0, 0.1) is 0 Å². The molecule has 6 nitrogen and oxygen atoms in total. The highest BCUT2D eigenvalue weighted by Crippen LogP contribution is 2.40. The number of benzene rings is 6. The second kappa shape index (κ2) is 20.4. The Labute approximate surface area is 357 Å². The van der Waals surface area contributed by atoms with Crippen molar-refractivity contribution in [2.75, 3.05) is 39.6 Å². The zero-order valence-electron chi connectivity index (χ0n) is 36.3. The van der Waals surface area contributed by atoms with Gasteiger partial charge in [0.05, 0.1) is 39.6 Å². The molecule has 0 radical (unpaired) electrons. The summed E-state index contributed by atoms with van der Waals surface area (Å²) in [5.41, 5.74) is 13.5. The lowest BCUT2D eigenvalue weighted by atomic mass is 9.91. The van der Waals surface area contributed by atoms with Gasteiger partial charge in [-0.2, -0.15) is 0 Å². The first-order valence-corrected chi connectivity index (χ1v) is 21.9. The molecule has 0 saturated carbocycles. The van der Waals surface area contributed by atoms with Gasteiger partial charge in [0.2, 0.25) is 0 Å². The topological polar surface area (TPSA) is 55.4 Å². The number of ether oxygens (including phenoxy) is 6. The minimum absolute atomic E-state index is 0.559. The Balaban J connectivity index is 1.44. The average molecular weight is 805 g/mol. The van der Waals surface area contributed by atoms with Crippen molar-refractivity contribution in [1.82, 2.24) is 0 Å². The van der Waals surface area contributed by atoms with E-state index >= 15 is 0 Å². The highest BCUT2D eigenvalue weighted by molar-refractivity contribution is 5.57. The summed E-state index contributed by atoms with van der Waals surface area (Å²) in [6.45, 7) is 15.7. The minimum atomic E-state index is 0.559. The molecule has 0 saturated heterocycles. The fourth-order valence-corrected chi connectivity index (χ4v) is 8.71. The highest BCUT2D eigenvalue weighted by Gasteiger charge is 2.22. The Morgan fingerprint density at radius 3 is 0.450 bits per heavy atom. The van der Waals surface area contributed by atoms with Crippen LogP contribution in [0.3, 0.4) is 0 Å². The standard InChI is InChI=1S/C54H60O6/c1-7-55-49-37-19-13-20-38(49)32-40-22-15-24-42(51(40)57-9-3)34-44-26-17-28-46(53(44)59-11-5)36-48-30-18-29-47(54(48)60-12-6)35-45-27-16-25-43(52(45)58-10-4)33-41-23-14-21-39(31-37)50(41)56-8-2/h13-30H,7-12,31-36H2,1-6H3. The fourth-order valence-electron chi connectivity index (χ4n) is 8.71. The molecule has 7 rings (SSSR count). The predicted molar refractivity (Wildman–Crippen MR) is 243 cm³/mol. The molecule has 0 aromatic heterocycles. The van der Waals surface area contributed by atoms with Gasteiger partial charge in [-0.25, -0.2) is 0 Å². The lowest BCUT2D eigenvalue weighted by Gasteiger charge is -2.22. The molecule has 1 aliphatic rings. The van der Waals surface area contributed by atoms with Crippen LogP contribution in [0.25, 0.3) is 0 Å². The molecule has 6 aromatic rings. The van der Waals surface area contributed by atoms with E-state index in [0.29, 0.717) is 78.2 Å². The summed E-state index contributed by atoms with van der Waals surface area (Å²) in [6.07, 6.45) is 3.98. The maximum Gasteiger partial charge on any atom is 0.126 e. The van der Waals surface area contributed by atoms with Crippen molar-refractivity contribution in [1.29, 1.82) is 0 Å². The van der Waals surface area contributed by atoms with Gasteiger partial charge in [-0.3, -0.25) is 0 Å². The second-order valence-electron chi connectivity index (χ2n) is 15.1. The monoisotopic (exact) mass is 804 g/mol. The SMILES string of the molecule is CCOc1c2cccc1Cc1cccc(c1OCC)Cc1cccc(c1OCC)Cc1cccc(c1OCC)Cc1cccc(c1OCC)Cc1cccc(c1OCC)C2. The third kappa shape index (κ3) is 9.44. The van der Waals surface area contributed by atoms with Crippen LogP contribution in [-0.4, -0.2) is 39.6 Å². The van der Waals surface area contributed by atoms with E-state index in [4.69, 9.17) is 28.4 Å². The third-order valence-electron chi connectivity index (χ3n) is 11.1. The van der Waals surface area contributed by atoms with E-state index in [0.717, 1.165) is 101 Å². The van der Waals surface area contributed by atoms with Crippen LogP contribution >= 0.6 is 0 Å². The summed E-state index contributed by atoms with van der Waals surface area (Å²) in [4.78, 5) is 0. The number of hydrogen-bond acceptors (Lipinski definition) is 6. The third-order valence-corrected chi connectivity index (χ3v) is 11.1. The molecule has 0 atom stereocenters. The summed E-state index contributed by atoms with van der Waals surface area (Å²) in [7, 11) is 0. The minimum Gasteiger partial charge on any atom is -0.493 e. The summed E-state index contributed by atoms with van der Waals surface area (Å²) >= 11 is 0. The molecule has 0 fully saturated rings. The van der Waals surface area contributed by atoms with Gasteiger partial charge in [0.1, 0.15) is 34.5 Å². The van der Waals surface area contributed by atoms with Crippen molar-refractivity contribution in [2.45, 2.75) is 80.1 Å². The number of hydrogen-bond donors (Lipinski definition) is 0. The lowest BCUT2D eigenvalue weighted by Crippen LogP contribution is -2.08. The zero-order chi connectivity index (χ0) is 41.8. The summed E-state index contributed by atoms with van der Waals surface area (Å²) < 4.78 is 39.2. The Bertz CT molecular complexity index is 1830. The van der Waals surface area contributed by atoms with Crippen molar-refractivity contribution < 1.29 is 28.4 Å². The number of fused-ring (bicyclic) bond motifs is 12. The number of para-hydroxylation sites is 6. The quantitative estimate of drug-likeness (QED) is 0.123. The molecule has 60 heavy (non-hydrogen) atoms. The molecular weight excluding hydrogens is 745 g/mol. The first-order valence-electron chi connectivity index (χ1n) is 21.9. The van der Waals surface area contributed by atoms with E-state index < -0.39 is 0 Å². The van der Waals surface area contributed by atoms with E-state index in [-0.39, 0.29) is 0 Å². The Morgan fingerprint density at radius 1 is 0.233 bits per heavy atom. The Hall–Kier alpha value is -5.88. The molecule has 12 bridgehead atoms. The molecule has 6 aromatic carbocycles. The predicted octanol–water partition coefficient (Wildman–Crippen LogP) is 11.9. The summed E-state index contributed by atoms with van der Waals surface area (Å²) in [5, 5.41) is 0. The molecule has 6 heteroatoms. The Kier molecular flexibility index (Phi) is 14.4. The van der Waals surface area contributed by atoms with Gasteiger partial charge in [-0.1, -0.05) is 109 Å². The van der Waals surface area contributed by atoms with Gasteiger partial charge in [0.15, 0.2) is 0 Å². The first kappa shape index (κ1) is 42.3. The van der Waals surface area contributed by atoms with Crippen LogP contribution in [0.1, 0.15) is 108 Å². The molecule has 0 unspecified atom stereocenters. The van der Waals surface area contributed by atoms with Crippen LogP contribution in [0.2, 0.25) is 0 Å². The van der Waals surface area contributed by atoms with Gasteiger partial charge in [0, 0.05) is 38.5 Å². The normalized spacial score (nSPS) is 12.5. The van der Waals surface area contributed by atoms with Crippen LogP contribution in [0.15, 0.2) is 109 Å². The van der Waals surface area contributed by atoms with Crippen molar-refractivity contribution >= 4 is 0 Å². The maximum absolute atomic E-state index is 6.53. The van der Waals surface area contributed by atoms with Crippen LogP contribution < -0.4 is 28.4 Å². The molecule has 0 amide bonds. The van der Waals surface area contributed by atoms with Gasteiger partial charge in [0.25, 0.3) is 0 Å². The van der Waals surface area contributed by atoms with Crippen LogP contribution in [0.5, 0.6) is 34.5 Å². The molecule has 0 aliphatic heterocycles. The van der Waals surface area contributed by atoms with E-state index in [1.54, 1.807) is 0 Å². The highest BCUT2D eigenvalue weighted by atomic mass is 16.5. The molecular formula is C54H60O6. The van der Waals surface area contributed by atoms with E-state index in [1.165, 1.54) is 0 Å². The smallest absolute Gasteiger partial charge is 0.126 e. The van der Waals surface area contributed by atoms with Crippen molar-refractivity contribution in [2.24, 2.45) is 0 Å². The molecule has 312 valence electrons.